The molecule has 0 saturated heterocycles. The van der Waals surface area contributed by atoms with Gasteiger partial charge in [0.2, 0.25) is 0 Å². The molecule has 0 atom stereocenters. The predicted octanol–water partition coefficient (Wildman–Crippen LogP) is 2.67. The summed E-state index contributed by atoms with van der Waals surface area (Å²) in [7, 11) is 0. The fourth-order valence-corrected chi connectivity index (χ4v) is 1.99. The summed E-state index contributed by atoms with van der Waals surface area (Å²) in [5, 5.41) is 0. The van der Waals surface area contributed by atoms with E-state index in [1.165, 1.54) is 20.3 Å². The Morgan fingerprint density at radius 1 is 1.21 bits per heavy atom. The number of rotatable bonds is 3. The highest BCUT2D eigenvalue weighted by atomic mass is 16.2. The largest absolute Gasteiger partial charge is 0.299 e. The van der Waals surface area contributed by atoms with Crippen LogP contribution in [-0.4, -0.2) is 11.6 Å². The molecule has 0 amide bonds. The van der Waals surface area contributed by atoms with Crippen LogP contribution in [0.15, 0.2) is 11.6 Å². The number of ketones is 2. The van der Waals surface area contributed by atoms with Crippen molar-refractivity contribution in [3.8, 4) is 0 Å². The van der Waals surface area contributed by atoms with Gasteiger partial charge in [0, 0.05) is 0 Å². The highest BCUT2D eigenvalue weighted by Gasteiger charge is 2.38. The van der Waals surface area contributed by atoms with Crippen LogP contribution in [0.1, 0.15) is 46.5 Å². The van der Waals surface area contributed by atoms with Crippen molar-refractivity contribution < 1.29 is 9.59 Å². The minimum absolute atomic E-state index is 0.0295. The SMILES string of the molecule is CC(=O)C(C)(C(C)=O)C1=CCCCC1. The summed E-state index contributed by atoms with van der Waals surface area (Å²) in [6.45, 7) is 4.78. The topological polar surface area (TPSA) is 34.1 Å². The maximum absolute atomic E-state index is 11.5. The summed E-state index contributed by atoms with van der Waals surface area (Å²) >= 11 is 0. The van der Waals surface area contributed by atoms with Gasteiger partial charge >= 0.3 is 0 Å². The van der Waals surface area contributed by atoms with Crippen molar-refractivity contribution in [3.63, 3.8) is 0 Å². The highest BCUT2D eigenvalue weighted by molar-refractivity contribution is 6.07. The minimum atomic E-state index is -0.847. The lowest BCUT2D eigenvalue weighted by molar-refractivity contribution is -0.135. The van der Waals surface area contributed by atoms with Crippen LogP contribution in [0.3, 0.4) is 0 Å². The molecule has 0 aromatic rings. The molecule has 0 unspecified atom stereocenters. The van der Waals surface area contributed by atoms with Crippen molar-refractivity contribution in [2.45, 2.75) is 46.5 Å². The van der Waals surface area contributed by atoms with E-state index in [1.54, 1.807) is 6.92 Å². The van der Waals surface area contributed by atoms with E-state index in [0.717, 1.165) is 24.8 Å². The van der Waals surface area contributed by atoms with Crippen LogP contribution in [-0.2, 0) is 9.59 Å². The Bertz CT molecular complexity index is 273. The number of Topliss-reactive ketones (excluding diaryl/α,β-unsaturated/α-hetero) is 2. The number of hydrogen-bond donors (Lipinski definition) is 0. The Kier molecular flexibility index (Phi) is 3.25. The molecule has 0 aliphatic heterocycles. The van der Waals surface area contributed by atoms with Crippen molar-refractivity contribution in [2.75, 3.05) is 0 Å². The van der Waals surface area contributed by atoms with Crippen LogP contribution in [0.4, 0.5) is 0 Å². The summed E-state index contributed by atoms with van der Waals surface area (Å²) < 4.78 is 0. The molecule has 2 heteroatoms. The second-order valence-corrected chi connectivity index (χ2v) is 4.21. The highest BCUT2D eigenvalue weighted by Crippen LogP contribution is 2.35. The molecule has 0 aromatic carbocycles. The first-order valence-electron chi connectivity index (χ1n) is 5.21. The summed E-state index contributed by atoms with van der Waals surface area (Å²) in [5.74, 6) is -0.0590. The second kappa shape index (κ2) is 4.07. The normalized spacial score (nSPS) is 17.5. The van der Waals surface area contributed by atoms with Gasteiger partial charge in [-0.3, -0.25) is 9.59 Å². The molecule has 0 bridgehead atoms. The molecule has 0 N–H and O–H groups in total. The van der Waals surface area contributed by atoms with E-state index in [0.29, 0.717) is 0 Å². The number of carbonyl (C=O) groups excluding carboxylic acids is 2. The molecular formula is C12H18O2. The molecule has 0 radical (unpaired) electrons. The lowest BCUT2D eigenvalue weighted by Crippen LogP contribution is -2.35. The lowest BCUT2D eigenvalue weighted by atomic mass is 9.72. The maximum atomic E-state index is 11.5. The molecule has 0 saturated carbocycles. The van der Waals surface area contributed by atoms with Crippen molar-refractivity contribution in [3.05, 3.63) is 11.6 Å². The molecule has 0 spiro atoms. The summed E-state index contributed by atoms with van der Waals surface area (Å²) in [5.41, 5.74) is 0.184. The van der Waals surface area contributed by atoms with Crippen LogP contribution >= 0.6 is 0 Å². The Morgan fingerprint density at radius 3 is 2.14 bits per heavy atom. The minimum Gasteiger partial charge on any atom is -0.299 e. The third-order valence-corrected chi connectivity index (χ3v) is 3.34. The first-order valence-corrected chi connectivity index (χ1v) is 5.21. The van der Waals surface area contributed by atoms with Gasteiger partial charge in [-0.25, -0.2) is 0 Å². The van der Waals surface area contributed by atoms with E-state index in [-0.39, 0.29) is 11.6 Å². The van der Waals surface area contributed by atoms with Crippen molar-refractivity contribution in [2.24, 2.45) is 5.41 Å². The Balaban J connectivity index is 3.04. The Morgan fingerprint density at radius 2 is 1.79 bits per heavy atom. The van der Waals surface area contributed by atoms with E-state index >= 15 is 0 Å². The van der Waals surface area contributed by atoms with Gasteiger partial charge in [-0.2, -0.15) is 0 Å². The van der Waals surface area contributed by atoms with Gasteiger partial charge in [-0.05, 0) is 46.5 Å². The van der Waals surface area contributed by atoms with Gasteiger partial charge < -0.3 is 0 Å². The molecule has 2 nitrogen and oxygen atoms in total. The van der Waals surface area contributed by atoms with Crippen LogP contribution < -0.4 is 0 Å². The second-order valence-electron chi connectivity index (χ2n) is 4.21. The van der Waals surface area contributed by atoms with Crippen LogP contribution in [0.25, 0.3) is 0 Å². The molecular weight excluding hydrogens is 176 g/mol. The zero-order valence-corrected chi connectivity index (χ0v) is 9.22. The number of hydrogen-bond acceptors (Lipinski definition) is 2. The lowest BCUT2D eigenvalue weighted by Gasteiger charge is -2.29. The molecule has 14 heavy (non-hydrogen) atoms. The van der Waals surface area contributed by atoms with Gasteiger partial charge in [-0.1, -0.05) is 11.6 Å². The summed E-state index contributed by atoms with van der Waals surface area (Å²) in [6, 6.07) is 0. The molecule has 1 rings (SSSR count). The van der Waals surface area contributed by atoms with Crippen LogP contribution in [0.5, 0.6) is 0 Å². The monoisotopic (exact) mass is 194 g/mol. The Hall–Kier alpha value is -0.920. The average Bonchev–Trinajstić information content (AvgIpc) is 2.17. The third kappa shape index (κ3) is 1.79. The van der Waals surface area contributed by atoms with Crippen LogP contribution in [0, 0.1) is 5.41 Å². The van der Waals surface area contributed by atoms with Crippen LogP contribution in [0.2, 0.25) is 0 Å². The average molecular weight is 194 g/mol. The van der Waals surface area contributed by atoms with E-state index in [1.807, 2.05) is 0 Å². The van der Waals surface area contributed by atoms with Gasteiger partial charge in [-0.15, -0.1) is 0 Å². The van der Waals surface area contributed by atoms with Gasteiger partial charge in [0.05, 0.1) is 0 Å². The predicted molar refractivity (Wildman–Crippen MR) is 56.0 cm³/mol. The molecule has 1 aliphatic rings. The van der Waals surface area contributed by atoms with Gasteiger partial charge in [0.25, 0.3) is 0 Å². The molecule has 78 valence electrons. The third-order valence-electron chi connectivity index (χ3n) is 3.34. The first-order chi connectivity index (χ1) is 6.49. The maximum Gasteiger partial charge on any atom is 0.147 e. The van der Waals surface area contributed by atoms with Crippen molar-refractivity contribution >= 4 is 11.6 Å². The van der Waals surface area contributed by atoms with E-state index in [2.05, 4.69) is 6.08 Å². The molecule has 1 aliphatic carbocycles. The van der Waals surface area contributed by atoms with Crippen molar-refractivity contribution in [1.82, 2.24) is 0 Å². The summed E-state index contributed by atoms with van der Waals surface area (Å²) in [4.78, 5) is 23.1. The first kappa shape index (κ1) is 11.2. The standard InChI is InChI=1S/C12H18O2/c1-9(13)12(3,10(2)14)11-7-5-4-6-8-11/h7H,4-6,8H2,1-3H3. The van der Waals surface area contributed by atoms with Gasteiger partial charge in [0.15, 0.2) is 0 Å². The zero-order chi connectivity index (χ0) is 10.8. The van der Waals surface area contributed by atoms with Crippen molar-refractivity contribution in [1.29, 1.82) is 0 Å². The Labute approximate surface area is 85.4 Å². The molecule has 0 aromatic heterocycles. The number of allylic oxidation sites excluding steroid dienone is 2. The fraction of sp³-hybridized carbons (Fsp3) is 0.667. The molecule has 0 fully saturated rings. The zero-order valence-electron chi connectivity index (χ0n) is 9.22. The number of carbonyl (C=O) groups is 2. The fourth-order valence-electron chi connectivity index (χ4n) is 1.99. The van der Waals surface area contributed by atoms with Gasteiger partial charge in [0.1, 0.15) is 17.0 Å². The van der Waals surface area contributed by atoms with E-state index in [9.17, 15) is 9.59 Å². The van der Waals surface area contributed by atoms with E-state index in [4.69, 9.17) is 0 Å². The van der Waals surface area contributed by atoms with E-state index < -0.39 is 5.41 Å². The molecule has 0 heterocycles. The smallest absolute Gasteiger partial charge is 0.147 e. The quantitative estimate of drug-likeness (QED) is 0.511. The summed E-state index contributed by atoms with van der Waals surface area (Å²) in [6.07, 6.45) is 6.25.